The fourth-order valence-electron chi connectivity index (χ4n) is 2.90. The average Bonchev–Trinajstić information content (AvgIpc) is 2.66. The second kappa shape index (κ2) is 8.56. The summed E-state index contributed by atoms with van der Waals surface area (Å²) in [5.74, 6) is -2.24. The second-order valence-electron chi connectivity index (χ2n) is 6.30. The van der Waals surface area contributed by atoms with Gasteiger partial charge in [-0.2, -0.15) is 0 Å². The number of amides is 1. The Labute approximate surface area is 151 Å². The Morgan fingerprint density at radius 1 is 1.12 bits per heavy atom. The van der Waals surface area contributed by atoms with E-state index >= 15 is 0 Å². The van der Waals surface area contributed by atoms with E-state index in [0.717, 1.165) is 30.8 Å². The van der Waals surface area contributed by atoms with Gasteiger partial charge < -0.3 is 10.6 Å². The van der Waals surface area contributed by atoms with Crippen molar-refractivity contribution in [3.8, 4) is 0 Å². The number of allylic oxidation sites excluding steroid dienone is 1. The molecule has 0 saturated carbocycles. The van der Waals surface area contributed by atoms with E-state index in [1.165, 1.54) is 37.3 Å². The van der Waals surface area contributed by atoms with Gasteiger partial charge in [-0.05, 0) is 62.4 Å². The number of carbonyl (C=O) groups is 1. The van der Waals surface area contributed by atoms with E-state index in [4.69, 9.17) is 0 Å². The maximum atomic E-state index is 13.2. The van der Waals surface area contributed by atoms with Gasteiger partial charge in [-0.15, -0.1) is 0 Å². The Hall–Kier alpha value is -2.76. The third-order valence-corrected chi connectivity index (χ3v) is 4.35. The summed E-state index contributed by atoms with van der Waals surface area (Å²) in [6.45, 7) is 0.841. The first-order chi connectivity index (χ1) is 12.6. The molecule has 0 unspecified atom stereocenters. The molecule has 0 aliphatic heterocycles. The maximum absolute atomic E-state index is 13.2. The van der Waals surface area contributed by atoms with E-state index < -0.39 is 17.5 Å². The zero-order valence-corrected chi connectivity index (χ0v) is 14.4. The van der Waals surface area contributed by atoms with Gasteiger partial charge in [0.15, 0.2) is 11.6 Å². The Morgan fingerprint density at radius 2 is 2.00 bits per heavy atom. The zero-order chi connectivity index (χ0) is 18.4. The molecule has 2 N–H and O–H groups in total. The molecule has 1 aromatic heterocycles. The molecule has 0 radical (unpaired) electrons. The molecule has 3 rings (SSSR count). The summed E-state index contributed by atoms with van der Waals surface area (Å²) >= 11 is 0. The summed E-state index contributed by atoms with van der Waals surface area (Å²) in [6.07, 6.45) is 9.93. The van der Waals surface area contributed by atoms with Gasteiger partial charge in [0, 0.05) is 12.1 Å². The smallest absolute Gasteiger partial charge is 0.256 e. The maximum Gasteiger partial charge on any atom is 0.256 e. The molecular formula is C20H21F2N3O. The number of anilines is 2. The normalized spacial score (nSPS) is 13.8. The number of rotatable bonds is 6. The number of nitrogens with zero attached hydrogens (tertiary/aromatic N) is 1. The first-order valence-electron chi connectivity index (χ1n) is 8.76. The van der Waals surface area contributed by atoms with Crippen LogP contribution in [0, 0.1) is 11.6 Å². The van der Waals surface area contributed by atoms with Crippen LogP contribution >= 0.6 is 0 Å². The van der Waals surface area contributed by atoms with E-state index in [1.807, 2.05) is 6.07 Å². The molecule has 0 fully saturated rings. The fraction of sp³-hybridized carbons (Fsp3) is 0.300. The summed E-state index contributed by atoms with van der Waals surface area (Å²) in [5, 5.41) is 5.87. The van der Waals surface area contributed by atoms with E-state index in [2.05, 4.69) is 21.7 Å². The molecule has 1 aromatic carbocycles. The lowest BCUT2D eigenvalue weighted by Crippen LogP contribution is -2.13. The minimum absolute atomic E-state index is 0.0358. The molecule has 6 heteroatoms. The highest BCUT2D eigenvalue weighted by Gasteiger charge is 2.10. The predicted octanol–water partition coefficient (Wildman–Crippen LogP) is 4.91. The molecule has 26 heavy (non-hydrogen) atoms. The molecule has 1 aliphatic carbocycles. The van der Waals surface area contributed by atoms with Crippen LogP contribution in [0.4, 0.5) is 20.3 Å². The number of benzene rings is 1. The lowest BCUT2D eigenvalue weighted by atomic mass is 9.97. The standard InChI is InChI=1S/C20H21F2N3O/c21-17-8-6-15(12-18(17)22)20(26)25-19-9-7-16(13-24-19)23-11-10-14-4-2-1-3-5-14/h4,6-9,12-13,23H,1-3,5,10-11H2,(H,24,25,26). The molecule has 1 amide bonds. The van der Waals surface area contributed by atoms with Crippen molar-refractivity contribution in [1.82, 2.24) is 4.98 Å². The van der Waals surface area contributed by atoms with E-state index in [9.17, 15) is 13.6 Å². The van der Waals surface area contributed by atoms with Gasteiger partial charge in [-0.1, -0.05) is 11.6 Å². The topological polar surface area (TPSA) is 54.0 Å². The Bertz CT molecular complexity index is 803. The van der Waals surface area contributed by atoms with Crippen LogP contribution in [-0.2, 0) is 0 Å². The minimum atomic E-state index is -1.06. The highest BCUT2D eigenvalue weighted by atomic mass is 19.2. The number of hydrogen-bond donors (Lipinski definition) is 2. The number of carbonyl (C=O) groups excluding carboxylic acids is 1. The Kier molecular flexibility index (Phi) is 5.94. The highest BCUT2D eigenvalue weighted by Crippen LogP contribution is 2.20. The second-order valence-corrected chi connectivity index (χ2v) is 6.30. The number of aromatic nitrogens is 1. The quantitative estimate of drug-likeness (QED) is 0.722. The first-order valence-corrected chi connectivity index (χ1v) is 8.76. The van der Waals surface area contributed by atoms with Gasteiger partial charge in [0.25, 0.3) is 5.91 Å². The summed E-state index contributed by atoms with van der Waals surface area (Å²) in [5.41, 5.74) is 2.41. The van der Waals surface area contributed by atoms with Gasteiger partial charge in [-0.3, -0.25) is 4.79 Å². The molecule has 0 saturated heterocycles. The average molecular weight is 357 g/mol. The molecule has 0 spiro atoms. The highest BCUT2D eigenvalue weighted by molar-refractivity contribution is 6.03. The van der Waals surface area contributed by atoms with Gasteiger partial charge in [0.2, 0.25) is 0 Å². The fourth-order valence-corrected chi connectivity index (χ4v) is 2.90. The first kappa shape index (κ1) is 18.0. The lowest BCUT2D eigenvalue weighted by molar-refractivity contribution is 0.102. The third kappa shape index (κ3) is 4.88. The molecular weight excluding hydrogens is 336 g/mol. The van der Waals surface area contributed by atoms with Crippen LogP contribution < -0.4 is 10.6 Å². The van der Waals surface area contributed by atoms with Gasteiger partial charge in [-0.25, -0.2) is 13.8 Å². The van der Waals surface area contributed by atoms with Crippen molar-refractivity contribution < 1.29 is 13.6 Å². The Morgan fingerprint density at radius 3 is 2.69 bits per heavy atom. The molecule has 1 aliphatic rings. The van der Waals surface area contributed by atoms with Gasteiger partial charge in [0.1, 0.15) is 5.82 Å². The summed E-state index contributed by atoms with van der Waals surface area (Å²) in [7, 11) is 0. The molecule has 0 bridgehead atoms. The van der Waals surface area contributed by atoms with Crippen LogP contribution in [0.2, 0.25) is 0 Å². The SMILES string of the molecule is O=C(Nc1ccc(NCCC2=CCCCC2)cn1)c1ccc(F)c(F)c1. The predicted molar refractivity (Wildman–Crippen MR) is 98.2 cm³/mol. The van der Waals surface area contributed by atoms with Gasteiger partial charge in [0.05, 0.1) is 11.9 Å². The minimum Gasteiger partial charge on any atom is -0.383 e. The van der Waals surface area contributed by atoms with Crippen LogP contribution in [0.1, 0.15) is 42.5 Å². The van der Waals surface area contributed by atoms with Crippen LogP contribution in [0.5, 0.6) is 0 Å². The number of pyridine rings is 1. The summed E-state index contributed by atoms with van der Waals surface area (Å²) in [6, 6.07) is 6.50. The molecule has 0 atom stereocenters. The van der Waals surface area contributed by atoms with E-state index in [0.29, 0.717) is 5.82 Å². The number of hydrogen-bond acceptors (Lipinski definition) is 3. The van der Waals surface area contributed by atoms with Crippen molar-refractivity contribution in [2.45, 2.75) is 32.1 Å². The zero-order valence-electron chi connectivity index (χ0n) is 14.4. The van der Waals surface area contributed by atoms with Crippen molar-refractivity contribution in [3.05, 3.63) is 65.4 Å². The van der Waals surface area contributed by atoms with Crippen molar-refractivity contribution in [1.29, 1.82) is 0 Å². The molecule has 1 heterocycles. The van der Waals surface area contributed by atoms with Crippen LogP contribution in [0.3, 0.4) is 0 Å². The van der Waals surface area contributed by atoms with Crippen molar-refractivity contribution in [2.75, 3.05) is 17.2 Å². The molecule has 2 aromatic rings. The van der Waals surface area contributed by atoms with Crippen LogP contribution in [-0.4, -0.2) is 17.4 Å². The molecule has 136 valence electrons. The monoisotopic (exact) mass is 357 g/mol. The van der Waals surface area contributed by atoms with E-state index in [1.54, 1.807) is 12.3 Å². The largest absolute Gasteiger partial charge is 0.383 e. The summed E-state index contributed by atoms with van der Waals surface area (Å²) in [4.78, 5) is 16.2. The van der Waals surface area contributed by atoms with Crippen molar-refractivity contribution in [2.24, 2.45) is 0 Å². The number of nitrogens with one attached hydrogen (secondary N) is 2. The van der Waals surface area contributed by atoms with E-state index in [-0.39, 0.29) is 5.56 Å². The summed E-state index contributed by atoms with van der Waals surface area (Å²) < 4.78 is 26.1. The van der Waals surface area contributed by atoms with Crippen LogP contribution in [0.15, 0.2) is 48.2 Å². The third-order valence-electron chi connectivity index (χ3n) is 4.35. The lowest BCUT2D eigenvalue weighted by Gasteiger charge is -2.13. The van der Waals surface area contributed by atoms with Gasteiger partial charge >= 0.3 is 0 Å². The van der Waals surface area contributed by atoms with Crippen LogP contribution in [0.25, 0.3) is 0 Å². The number of halogens is 2. The van der Waals surface area contributed by atoms with Crippen molar-refractivity contribution >= 4 is 17.4 Å². The van der Waals surface area contributed by atoms with Crippen molar-refractivity contribution in [3.63, 3.8) is 0 Å². The molecule has 4 nitrogen and oxygen atoms in total. The Balaban J connectivity index is 1.51.